The summed E-state index contributed by atoms with van der Waals surface area (Å²) in [5.41, 5.74) is 2.10. The van der Waals surface area contributed by atoms with Crippen LogP contribution in [0.2, 0.25) is 0 Å². The van der Waals surface area contributed by atoms with Crippen LogP contribution < -0.4 is 10.1 Å². The van der Waals surface area contributed by atoms with E-state index in [9.17, 15) is 4.79 Å². The zero-order valence-corrected chi connectivity index (χ0v) is 18.9. The van der Waals surface area contributed by atoms with Crippen molar-refractivity contribution in [3.8, 4) is 18.6 Å². The Labute approximate surface area is 178 Å². The van der Waals surface area contributed by atoms with Gasteiger partial charge in [0.1, 0.15) is 5.75 Å². The lowest BCUT2D eigenvalue weighted by Gasteiger charge is -2.07. The number of benzene rings is 2. The summed E-state index contributed by atoms with van der Waals surface area (Å²) in [6.45, 7) is 11.7. The zero-order valence-electron chi connectivity index (χ0n) is 18.9. The lowest BCUT2D eigenvalue weighted by atomic mass is 10.1. The van der Waals surface area contributed by atoms with E-state index in [1.165, 1.54) is 12.8 Å². The molecule has 0 aromatic heterocycles. The fourth-order valence-electron chi connectivity index (χ4n) is 1.97. The van der Waals surface area contributed by atoms with Gasteiger partial charge in [-0.3, -0.25) is 4.79 Å². The number of hydrogen-bond donors (Lipinski definition) is 1. The highest BCUT2D eigenvalue weighted by atomic mass is 16.5. The van der Waals surface area contributed by atoms with Crippen molar-refractivity contribution in [3.05, 3.63) is 65.7 Å². The molecule has 0 aliphatic heterocycles. The molecule has 0 fully saturated rings. The summed E-state index contributed by atoms with van der Waals surface area (Å²) in [5.74, 6) is 0.906. The average Bonchev–Trinajstić information content (AvgIpc) is 2.80. The Kier molecular flexibility index (Phi) is 21.2. The van der Waals surface area contributed by atoms with Crippen LogP contribution in [0.25, 0.3) is 0 Å². The van der Waals surface area contributed by atoms with E-state index in [-0.39, 0.29) is 5.91 Å². The molecule has 0 saturated heterocycles. The van der Waals surface area contributed by atoms with Gasteiger partial charge in [0.2, 0.25) is 5.91 Å². The third-order valence-electron chi connectivity index (χ3n) is 3.59. The van der Waals surface area contributed by atoms with Crippen molar-refractivity contribution in [2.45, 2.75) is 66.8 Å². The molecule has 0 spiro atoms. The van der Waals surface area contributed by atoms with Gasteiger partial charge in [0.15, 0.2) is 0 Å². The molecule has 1 N–H and O–H groups in total. The SMILES string of the molecule is C#C.CC.CCCC.CCCOc1ccc(CNC(=O)Cc2ccccc2)cc1. The largest absolute Gasteiger partial charge is 0.494 e. The van der Waals surface area contributed by atoms with E-state index in [4.69, 9.17) is 4.74 Å². The Morgan fingerprint density at radius 1 is 0.828 bits per heavy atom. The minimum atomic E-state index is 0.0347. The predicted molar refractivity (Wildman–Crippen MR) is 126 cm³/mol. The maximum atomic E-state index is 11.9. The van der Waals surface area contributed by atoms with Gasteiger partial charge in [0.05, 0.1) is 13.0 Å². The molecule has 0 saturated carbocycles. The topological polar surface area (TPSA) is 38.3 Å². The van der Waals surface area contributed by atoms with E-state index in [2.05, 4.69) is 38.9 Å². The van der Waals surface area contributed by atoms with Crippen LogP contribution in [0.4, 0.5) is 0 Å². The number of carbonyl (C=O) groups is 1. The molecule has 0 aliphatic carbocycles. The lowest BCUT2D eigenvalue weighted by molar-refractivity contribution is -0.120. The summed E-state index contributed by atoms with van der Waals surface area (Å²) >= 11 is 0. The van der Waals surface area contributed by atoms with Gasteiger partial charge in [0, 0.05) is 6.54 Å². The second-order valence-corrected chi connectivity index (χ2v) is 5.93. The second-order valence-electron chi connectivity index (χ2n) is 5.93. The number of terminal acetylenes is 1. The fourth-order valence-corrected chi connectivity index (χ4v) is 1.97. The number of nitrogens with one attached hydrogen (secondary N) is 1. The molecule has 29 heavy (non-hydrogen) atoms. The molecule has 3 heteroatoms. The standard InChI is InChI=1S/C18H21NO2.C4H10.C2H6.C2H2/c1-2-12-21-17-10-8-16(9-11-17)14-19-18(20)13-15-6-4-3-5-7-15;1-3-4-2;2*1-2/h3-11H,2,12-14H2,1H3,(H,19,20);3-4H2,1-2H3;1-2H3;1-2H. The number of ether oxygens (including phenoxy) is 1. The van der Waals surface area contributed by atoms with Crippen molar-refractivity contribution < 1.29 is 9.53 Å². The Balaban J connectivity index is 0. The van der Waals surface area contributed by atoms with E-state index in [0.29, 0.717) is 13.0 Å². The van der Waals surface area contributed by atoms with E-state index in [1.54, 1.807) is 0 Å². The summed E-state index contributed by atoms with van der Waals surface area (Å²) in [6.07, 6.45) is 12.1. The van der Waals surface area contributed by atoms with Crippen molar-refractivity contribution in [1.82, 2.24) is 5.32 Å². The van der Waals surface area contributed by atoms with Crippen LogP contribution in [0.5, 0.6) is 5.75 Å². The number of rotatable bonds is 8. The quantitative estimate of drug-likeness (QED) is 0.522. The first-order valence-corrected chi connectivity index (χ1v) is 10.5. The summed E-state index contributed by atoms with van der Waals surface area (Å²) in [6, 6.07) is 17.6. The molecule has 160 valence electrons. The number of carbonyl (C=O) groups excluding carboxylic acids is 1. The van der Waals surface area contributed by atoms with Crippen LogP contribution in [0.1, 0.15) is 65.0 Å². The summed E-state index contributed by atoms with van der Waals surface area (Å²) in [5, 5.41) is 2.93. The van der Waals surface area contributed by atoms with Gasteiger partial charge < -0.3 is 10.1 Å². The minimum absolute atomic E-state index is 0.0347. The zero-order chi connectivity index (χ0) is 22.3. The molecule has 2 rings (SSSR count). The lowest BCUT2D eigenvalue weighted by Crippen LogP contribution is -2.24. The van der Waals surface area contributed by atoms with Crippen molar-refractivity contribution in [2.24, 2.45) is 0 Å². The van der Waals surface area contributed by atoms with Crippen LogP contribution in [0.15, 0.2) is 54.6 Å². The van der Waals surface area contributed by atoms with Gasteiger partial charge in [-0.25, -0.2) is 0 Å². The van der Waals surface area contributed by atoms with Crippen LogP contribution in [-0.4, -0.2) is 12.5 Å². The van der Waals surface area contributed by atoms with Crippen LogP contribution in [0, 0.1) is 12.8 Å². The summed E-state index contributed by atoms with van der Waals surface area (Å²) in [4.78, 5) is 11.9. The minimum Gasteiger partial charge on any atom is -0.494 e. The Morgan fingerprint density at radius 3 is 1.86 bits per heavy atom. The van der Waals surface area contributed by atoms with E-state index >= 15 is 0 Å². The summed E-state index contributed by atoms with van der Waals surface area (Å²) < 4.78 is 5.53. The third-order valence-corrected chi connectivity index (χ3v) is 3.59. The summed E-state index contributed by atoms with van der Waals surface area (Å²) in [7, 11) is 0. The number of amides is 1. The van der Waals surface area contributed by atoms with Gasteiger partial charge in [-0.2, -0.15) is 0 Å². The number of hydrogen-bond acceptors (Lipinski definition) is 2. The normalized spacial score (nSPS) is 8.66. The highest BCUT2D eigenvalue weighted by Gasteiger charge is 2.03. The second kappa shape index (κ2) is 21.6. The molecular weight excluding hydrogens is 358 g/mol. The van der Waals surface area contributed by atoms with Crippen LogP contribution in [0.3, 0.4) is 0 Å². The van der Waals surface area contributed by atoms with Crippen molar-refractivity contribution >= 4 is 5.91 Å². The molecule has 3 nitrogen and oxygen atoms in total. The molecule has 0 heterocycles. The van der Waals surface area contributed by atoms with Crippen molar-refractivity contribution in [3.63, 3.8) is 0 Å². The van der Waals surface area contributed by atoms with E-state index in [1.807, 2.05) is 68.4 Å². The predicted octanol–water partition coefficient (Wildman–Crippen LogP) is 6.42. The maximum Gasteiger partial charge on any atom is 0.224 e. The monoisotopic (exact) mass is 397 g/mol. The van der Waals surface area contributed by atoms with Gasteiger partial charge in [-0.05, 0) is 29.7 Å². The highest BCUT2D eigenvalue weighted by Crippen LogP contribution is 2.12. The molecule has 0 radical (unpaired) electrons. The first-order chi connectivity index (χ1) is 14.2. The van der Waals surface area contributed by atoms with Crippen LogP contribution >= 0.6 is 0 Å². The molecule has 0 unspecified atom stereocenters. The van der Waals surface area contributed by atoms with Crippen molar-refractivity contribution in [1.29, 1.82) is 0 Å². The van der Waals surface area contributed by atoms with Gasteiger partial charge in [-0.1, -0.05) is 89.9 Å². The van der Waals surface area contributed by atoms with E-state index in [0.717, 1.165) is 29.9 Å². The molecular formula is C26H39NO2. The van der Waals surface area contributed by atoms with Crippen LogP contribution in [-0.2, 0) is 17.8 Å². The molecule has 0 bridgehead atoms. The third kappa shape index (κ3) is 16.0. The molecule has 2 aromatic rings. The van der Waals surface area contributed by atoms with Crippen molar-refractivity contribution in [2.75, 3.05) is 6.61 Å². The molecule has 0 atom stereocenters. The Hall–Kier alpha value is -2.73. The Bertz CT molecular complexity index is 616. The molecule has 1 amide bonds. The van der Waals surface area contributed by atoms with Gasteiger partial charge >= 0.3 is 0 Å². The average molecular weight is 398 g/mol. The smallest absolute Gasteiger partial charge is 0.224 e. The highest BCUT2D eigenvalue weighted by molar-refractivity contribution is 5.78. The maximum absolute atomic E-state index is 11.9. The van der Waals surface area contributed by atoms with E-state index < -0.39 is 0 Å². The molecule has 2 aromatic carbocycles. The first-order valence-electron chi connectivity index (χ1n) is 10.5. The number of unbranched alkanes of at least 4 members (excludes halogenated alkanes) is 1. The Morgan fingerprint density at radius 2 is 1.38 bits per heavy atom. The van der Waals surface area contributed by atoms with Gasteiger partial charge in [0.25, 0.3) is 0 Å². The van der Waals surface area contributed by atoms with Gasteiger partial charge in [-0.15, -0.1) is 12.8 Å². The first kappa shape index (κ1) is 28.5. The molecule has 0 aliphatic rings. The fraction of sp³-hybridized carbons (Fsp3) is 0.423.